The van der Waals surface area contributed by atoms with E-state index in [-0.39, 0.29) is 5.91 Å². The van der Waals surface area contributed by atoms with Gasteiger partial charge in [-0.3, -0.25) is 9.59 Å². The number of aryl methyl sites for hydroxylation is 1. The molecule has 2 heterocycles. The van der Waals surface area contributed by atoms with Crippen LogP contribution in [0.3, 0.4) is 0 Å². The fourth-order valence-corrected chi connectivity index (χ4v) is 3.28. The van der Waals surface area contributed by atoms with Gasteiger partial charge >= 0.3 is 5.97 Å². The quantitative estimate of drug-likeness (QED) is 0.791. The number of fused-ring (bicyclic) bond motifs is 2. The van der Waals surface area contributed by atoms with Gasteiger partial charge in [-0.25, -0.2) is 0 Å². The molecule has 0 saturated carbocycles. The third-order valence-electron chi connectivity index (χ3n) is 4.53. The highest BCUT2D eigenvalue weighted by molar-refractivity contribution is 5.96. The van der Waals surface area contributed by atoms with Gasteiger partial charge in [-0.1, -0.05) is 37.6 Å². The molecule has 2 bridgehead atoms. The zero-order valence-corrected chi connectivity index (χ0v) is 13.1. The molecule has 0 spiro atoms. The van der Waals surface area contributed by atoms with Gasteiger partial charge in [0.1, 0.15) is 5.92 Å². The molecule has 0 aliphatic carbocycles. The molecule has 1 aromatic carbocycles. The van der Waals surface area contributed by atoms with Crippen LogP contribution in [0, 0.1) is 11.8 Å². The van der Waals surface area contributed by atoms with Crippen molar-refractivity contribution in [3.63, 3.8) is 0 Å². The van der Waals surface area contributed by atoms with Crippen LogP contribution < -0.4 is 5.32 Å². The predicted molar refractivity (Wildman–Crippen MR) is 86.1 cm³/mol. The molecule has 1 amide bonds. The normalized spacial score (nSPS) is 28.0. The fraction of sp³-hybridized carbons (Fsp3) is 0.444. The van der Waals surface area contributed by atoms with Gasteiger partial charge in [0.25, 0.3) is 0 Å². The number of hydrogen-bond donors (Lipinski definition) is 2. The summed E-state index contributed by atoms with van der Waals surface area (Å²) in [5, 5.41) is 12.2. The number of aliphatic carboxylic acids is 1. The Bertz CT molecular complexity index is 622. The van der Waals surface area contributed by atoms with E-state index in [4.69, 9.17) is 4.74 Å². The van der Waals surface area contributed by atoms with E-state index in [0.717, 1.165) is 19.3 Å². The number of carbonyl (C=O) groups is 2. The monoisotopic (exact) mass is 315 g/mol. The van der Waals surface area contributed by atoms with Crippen LogP contribution in [0.25, 0.3) is 0 Å². The number of amides is 1. The fourth-order valence-electron chi connectivity index (χ4n) is 3.28. The molecule has 2 N–H and O–H groups in total. The molecule has 0 radical (unpaired) electrons. The SMILES string of the molecule is CCCCc1ccc(NC(=O)[C@H]2[C@@H](C(=O)O)[C@H]3C=C[C@@H]2O3)cc1. The molecule has 0 unspecified atom stereocenters. The van der Waals surface area contributed by atoms with Gasteiger partial charge in [0, 0.05) is 5.69 Å². The van der Waals surface area contributed by atoms with E-state index in [1.54, 1.807) is 12.2 Å². The largest absolute Gasteiger partial charge is 0.481 e. The van der Waals surface area contributed by atoms with E-state index in [1.165, 1.54) is 5.56 Å². The molecule has 122 valence electrons. The Morgan fingerprint density at radius 2 is 1.78 bits per heavy atom. The van der Waals surface area contributed by atoms with Crippen LogP contribution in [0.5, 0.6) is 0 Å². The maximum Gasteiger partial charge on any atom is 0.310 e. The minimum Gasteiger partial charge on any atom is -0.481 e. The second-order valence-electron chi connectivity index (χ2n) is 6.13. The second-order valence-corrected chi connectivity index (χ2v) is 6.13. The van der Waals surface area contributed by atoms with Gasteiger partial charge in [-0.2, -0.15) is 0 Å². The van der Waals surface area contributed by atoms with Crippen molar-refractivity contribution in [1.82, 2.24) is 0 Å². The maximum absolute atomic E-state index is 12.5. The minimum atomic E-state index is -0.989. The van der Waals surface area contributed by atoms with Crippen LogP contribution in [-0.4, -0.2) is 29.2 Å². The summed E-state index contributed by atoms with van der Waals surface area (Å²) in [7, 11) is 0. The Balaban J connectivity index is 1.67. The molecular formula is C18H21NO4. The molecule has 1 aromatic rings. The lowest BCUT2D eigenvalue weighted by molar-refractivity contribution is -0.145. The summed E-state index contributed by atoms with van der Waals surface area (Å²) in [6, 6.07) is 7.72. The van der Waals surface area contributed by atoms with Gasteiger partial charge in [-0.05, 0) is 30.5 Å². The van der Waals surface area contributed by atoms with Crippen LogP contribution in [0.15, 0.2) is 36.4 Å². The third kappa shape index (κ3) is 3.15. The Morgan fingerprint density at radius 1 is 1.13 bits per heavy atom. The smallest absolute Gasteiger partial charge is 0.310 e. The third-order valence-corrected chi connectivity index (χ3v) is 4.53. The average Bonchev–Trinajstić information content (AvgIpc) is 3.15. The van der Waals surface area contributed by atoms with Gasteiger partial charge in [0.05, 0.1) is 18.1 Å². The number of nitrogens with one attached hydrogen (secondary N) is 1. The zero-order valence-electron chi connectivity index (χ0n) is 13.1. The Kier molecular flexibility index (Phi) is 4.48. The molecule has 23 heavy (non-hydrogen) atoms. The summed E-state index contributed by atoms with van der Waals surface area (Å²) < 4.78 is 5.53. The Morgan fingerprint density at radius 3 is 2.39 bits per heavy atom. The van der Waals surface area contributed by atoms with Crippen molar-refractivity contribution >= 4 is 17.6 Å². The van der Waals surface area contributed by atoms with Crippen LogP contribution in [0.1, 0.15) is 25.3 Å². The number of anilines is 1. The number of carboxylic acids is 1. The number of carbonyl (C=O) groups excluding carboxylic acids is 1. The zero-order chi connectivity index (χ0) is 16.4. The highest BCUT2D eigenvalue weighted by atomic mass is 16.5. The molecule has 4 atom stereocenters. The lowest BCUT2D eigenvalue weighted by atomic mass is 9.82. The van der Waals surface area contributed by atoms with E-state index in [9.17, 15) is 14.7 Å². The number of ether oxygens (including phenoxy) is 1. The van der Waals surface area contributed by atoms with E-state index in [0.29, 0.717) is 5.69 Å². The van der Waals surface area contributed by atoms with Crippen LogP contribution in [-0.2, 0) is 20.7 Å². The summed E-state index contributed by atoms with van der Waals surface area (Å²) in [4.78, 5) is 23.9. The summed E-state index contributed by atoms with van der Waals surface area (Å²) in [6.07, 6.45) is 5.89. The number of hydrogen-bond acceptors (Lipinski definition) is 3. The highest BCUT2D eigenvalue weighted by Crippen LogP contribution is 2.39. The number of rotatable bonds is 6. The van der Waals surface area contributed by atoms with Gasteiger partial charge in [-0.15, -0.1) is 0 Å². The van der Waals surface area contributed by atoms with Crippen molar-refractivity contribution in [3.8, 4) is 0 Å². The molecule has 0 aromatic heterocycles. The summed E-state index contributed by atoms with van der Waals surface area (Å²) in [6.45, 7) is 2.15. The van der Waals surface area contributed by atoms with Gasteiger partial charge in [0.15, 0.2) is 0 Å². The Hall–Kier alpha value is -2.14. The first-order chi connectivity index (χ1) is 11.1. The number of benzene rings is 1. The maximum atomic E-state index is 12.5. The predicted octanol–water partition coefficient (Wildman–Crippen LogP) is 2.62. The van der Waals surface area contributed by atoms with Crippen molar-refractivity contribution in [2.45, 2.75) is 38.4 Å². The molecular weight excluding hydrogens is 294 g/mol. The highest BCUT2D eigenvalue weighted by Gasteiger charge is 2.53. The molecule has 2 aliphatic heterocycles. The average molecular weight is 315 g/mol. The van der Waals surface area contributed by atoms with Crippen molar-refractivity contribution in [1.29, 1.82) is 0 Å². The van der Waals surface area contributed by atoms with Crippen molar-refractivity contribution in [3.05, 3.63) is 42.0 Å². The van der Waals surface area contributed by atoms with E-state index < -0.39 is 30.0 Å². The summed E-state index contributed by atoms with van der Waals surface area (Å²) in [5.41, 5.74) is 1.92. The lowest BCUT2D eigenvalue weighted by Crippen LogP contribution is -2.39. The standard InChI is InChI=1S/C18H21NO4/c1-2-3-4-11-5-7-12(8-6-11)19-17(20)15-13-9-10-14(23-13)16(15)18(21)22/h5-10,13-16H,2-4H2,1H3,(H,19,20)(H,21,22)/t13-,14+,15+,16-/m0/s1. The van der Waals surface area contributed by atoms with Crippen LogP contribution in [0.2, 0.25) is 0 Å². The Labute approximate surface area is 135 Å². The first kappa shape index (κ1) is 15.7. The van der Waals surface area contributed by atoms with Crippen molar-refractivity contribution in [2.75, 3.05) is 5.32 Å². The van der Waals surface area contributed by atoms with E-state index >= 15 is 0 Å². The first-order valence-corrected chi connectivity index (χ1v) is 8.06. The topological polar surface area (TPSA) is 75.6 Å². The van der Waals surface area contributed by atoms with Crippen LogP contribution >= 0.6 is 0 Å². The van der Waals surface area contributed by atoms with Crippen molar-refractivity contribution in [2.24, 2.45) is 11.8 Å². The first-order valence-electron chi connectivity index (χ1n) is 8.06. The van der Waals surface area contributed by atoms with Crippen LogP contribution in [0.4, 0.5) is 5.69 Å². The van der Waals surface area contributed by atoms with E-state index in [2.05, 4.69) is 12.2 Å². The molecule has 2 aliphatic rings. The molecule has 3 rings (SSSR count). The summed E-state index contributed by atoms with van der Waals surface area (Å²) in [5.74, 6) is -2.77. The molecule has 5 nitrogen and oxygen atoms in total. The number of carboxylic acid groups (broad SMARTS) is 1. The van der Waals surface area contributed by atoms with Crippen molar-refractivity contribution < 1.29 is 19.4 Å². The number of unbranched alkanes of at least 4 members (excludes halogenated alkanes) is 1. The molecule has 5 heteroatoms. The minimum absolute atomic E-state index is 0.296. The molecule has 1 fully saturated rings. The molecule has 1 saturated heterocycles. The van der Waals surface area contributed by atoms with Gasteiger partial charge in [0.2, 0.25) is 5.91 Å². The second kappa shape index (κ2) is 6.54. The van der Waals surface area contributed by atoms with Gasteiger partial charge < -0.3 is 15.2 Å². The summed E-state index contributed by atoms with van der Waals surface area (Å²) >= 11 is 0. The van der Waals surface area contributed by atoms with E-state index in [1.807, 2.05) is 24.3 Å². The lowest BCUT2D eigenvalue weighted by Gasteiger charge is -2.21.